The summed E-state index contributed by atoms with van der Waals surface area (Å²) in [6.07, 6.45) is 42.7. The summed E-state index contributed by atoms with van der Waals surface area (Å²) >= 11 is 0. The fraction of sp³-hybridized carbons (Fsp3) is 0.329. The van der Waals surface area contributed by atoms with Crippen molar-refractivity contribution >= 4 is 17.1 Å². The van der Waals surface area contributed by atoms with E-state index in [4.69, 9.17) is 0 Å². The Morgan fingerprint density at radius 3 is 0.514 bits per heavy atom. The lowest BCUT2D eigenvalue weighted by molar-refractivity contribution is 0.666. The summed E-state index contributed by atoms with van der Waals surface area (Å²) in [5, 5.41) is 0. The zero-order valence-electron chi connectivity index (χ0n) is 88.2. The Bertz CT molecular complexity index is 6440. The topological polar surface area (TPSA) is 3.24 Å². The highest BCUT2D eigenvalue weighted by atomic mass is 15.1. The van der Waals surface area contributed by atoms with Gasteiger partial charge in [0.25, 0.3) is 0 Å². The van der Waals surface area contributed by atoms with Crippen LogP contribution < -0.4 is 4.90 Å². The van der Waals surface area contributed by atoms with E-state index in [0.29, 0.717) is 0 Å². The number of hydrogen-bond acceptors (Lipinski definition) is 1. The molecule has 19 rings (SSSR count). The van der Waals surface area contributed by atoms with E-state index in [9.17, 15) is 0 Å². The Kier molecular flexibility index (Phi) is 32.7. The molecule has 0 spiro atoms. The zero-order valence-corrected chi connectivity index (χ0v) is 88.2. The summed E-state index contributed by atoms with van der Waals surface area (Å²) in [5.41, 5.74) is 47.5. The van der Waals surface area contributed by atoms with Gasteiger partial charge in [-0.3, -0.25) is 0 Å². The summed E-state index contributed by atoms with van der Waals surface area (Å²) in [7, 11) is 0. The first-order chi connectivity index (χ1) is 70.9. The summed E-state index contributed by atoms with van der Waals surface area (Å²) in [5.74, 6) is 0. The zero-order chi connectivity index (χ0) is 98.8. The molecule has 0 saturated heterocycles. The first-order valence-corrected chi connectivity index (χ1v) is 56.5. The van der Waals surface area contributed by atoms with Gasteiger partial charge >= 0.3 is 0 Å². The second-order valence-corrected chi connectivity index (χ2v) is 42.9. The maximum Gasteiger partial charge on any atom is 0.0714 e. The van der Waals surface area contributed by atoms with Crippen molar-refractivity contribution in [3.05, 3.63) is 469 Å². The van der Waals surface area contributed by atoms with Crippen LogP contribution in [0, 0.1) is 13.8 Å². The molecule has 1 nitrogen and oxygen atoms in total. The number of nitrogens with zero attached hydrogens (tertiary/aromatic N) is 1. The Morgan fingerprint density at radius 2 is 0.312 bits per heavy atom. The van der Waals surface area contributed by atoms with Gasteiger partial charge in [0.05, 0.1) is 16.2 Å². The van der Waals surface area contributed by atoms with Gasteiger partial charge in [0, 0.05) is 17.1 Å². The molecule has 732 valence electrons. The predicted octanol–water partition coefficient (Wildman–Crippen LogP) is 40.4. The molecule has 0 aromatic heterocycles. The van der Waals surface area contributed by atoms with Crippen molar-refractivity contribution in [3.63, 3.8) is 0 Å². The van der Waals surface area contributed by atoms with Gasteiger partial charge in [0.2, 0.25) is 0 Å². The average molecular weight is 1890 g/mol. The Hall–Kier alpha value is -12.7. The SMILES string of the molecule is CCCCCCc1ccc(-c2ccc3c(c2)C(c2ccc(CCCCCC)cc2)(c2ccc(CCCCCC)cc2)c2cc(-c4ccc(N(c5ccc(-c6ccc7c(c6)C(c6ccc(CCCCCC)cc6)(c6ccc(CCCCCC)cc6)c6cc(-c8ccc(CCCCCC)cc8)ccc6-7)cc5)c5ccc(C6(c7ccc(CCCCCC)cc7)c7cc(C)ccc7-c7ccc(C)cc76)cc5)cc4)ccc2-3)cc1. The third kappa shape index (κ3) is 20.9. The molecule has 0 amide bonds. The minimum atomic E-state index is -0.625. The van der Waals surface area contributed by atoms with E-state index in [2.05, 4.69) is 419 Å². The first kappa shape index (κ1) is 100. The van der Waals surface area contributed by atoms with Crippen molar-refractivity contribution in [2.45, 2.75) is 303 Å². The van der Waals surface area contributed by atoms with Gasteiger partial charge in [-0.1, -0.05) is 486 Å². The van der Waals surface area contributed by atoms with Crippen LogP contribution in [0.3, 0.4) is 0 Å². The van der Waals surface area contributed by atoms with Crippen LogP contribution in [0.25, 0.3) is 77.9 Å². The van der Waals surface area contributed by atoms with Crippen LogP contribution in [0.2, 0.25) is 0 Å². The molecule has 3 aliphatic rings. The van der Waals surface area contributed by atoms with Crippen LogP contribution in [-0.4, -0.2) is 0 Å². The van der Waals surface area contributed by atoms with Gasteiger partial charge in [-0.25, -0.2) is 0 Å². The molecule has 1 heteroatoms. The number of benzene rings is 16. The number of fused-ring (bicyclic) bond motifs is 9. The van der Waals surface area contributed by atoms with Crippen molar-refractivity contribution in [3.8, 4) is 77.9 Å². The van der Waals surface area contributed by atoms with Crippen LogP contribution in [0.4, 0.5) is 17.1 Å². The molecular weight excluding hydrogens is 1730 g/mol. The Balaban J connectivity index is 0.751. The van der Waals surface area contributed by atoms with Crippen molar-refractivity contribution < 1.29 is 0 Å². The van der Waals surface area contributed by atoms with Crippen molar-refractivity contribution in [2.75, 3.05) is 4.90 Å². The van der Waals surface area contributed by atoms with E-state index in [1.54, 1.807) is 0 Å². The predicted molar refractivity (Wildman–Crippen MR) is 619 cm³/mol. The summed E-state index contributed by atoms with van der Waals surface area (Å²) in [6, 6.07) is 142. The van der Waals surface area contributed by atoms with Gasteiger partial charge < -0.3 is 4.90 Å². The average Bonchev–Trinajstić information content (AvgIpc) is 1.54. The number of hydrogen-bond donors (Lipinski definition) is 0. The lowest BCUT2D eigenvalue weighted by Gasteiger charge is -2.35. The number of anilines is 3. The highest BCUT2D eigenvalue weighted by Crippen LogP contribution is 2.62. The highest BCUT2D eigenvalue weighted by molar-refractivity contribution is 5.94. The normalized spacial score (nSPS) is 13.2. The third-order valence-corrected chi connectivity index (χ3v) is 32.9. The third-order valence-electron chi connectivity index (χ3n) is 32.9. The second-order valence-electron chi connectivity index (χ2n) is 42.9. The van der Waals surface area contributed by atoms with Crippen LogP contribution in [0.5, 0.6) is 0 Å². The minimum absolute atomic E-state index is 0.577. The smallest absolute Gasteiger partial charge is 0.0714 e. The first-order valence-electron chi connectivity index (χ1n) is 56.5. The summed E-state index contributed by atoms with van der Waals surface area (Å²) < 4.78 is 0. The van der Waals surface area contributed by atoms with Crippen LogP contribution in [-0.2, 0) is 61.2 Å². The molecular formula is C143H155N. The monoisotopic (exact) mass is 1890 g/mol. The fourth-order valence-corrected chi connectivity index (χ4v) is 24.8. The molecule has 16 aromatic rings. The van der Waals surface area contributed by atoms with Crippen molar-refractivity contribution in [1.82, 2.24) is 0 Å². The van der Waals surface area contributed by atoms with Crippen LogP contribution >= 0.6 is 0 Å². The standard InChI is InChI=1S/C143H155N/c1-10-17-24-31-38-105-47-61-112(62-48-105)116-69-93-131-133-95-71-118(101-139(133)142(137(131)99-116,121-75-53-108(54-76-121)41-34-27-20-13-4)122-77-55-109(56-78-122)42-35-28-21-14-5)114-65-85-126(86-66-114)144(128-89-83-125(84-90-128)141(120-73-51-107(52-74-120)40-33-26-19-12-3)135-97-103(8)45-91-129(135)130-92-46-104(9)98-136(130)141)127-87-67-115(68-88-127)119-72-96-134-132-94-70-117(113-63-49-106(50-64-113)39-32-25-18-11-2)100-138(132)143(140(134)102-119,123-79-57-110(58-80-123)43-36-29-22-15-6)124-81-59-111(60-82-124)44-37-30-23-16-7/h45-102H,10-44H2,1-9H3. The maximum absolute atomic E-state index is 2.59. The van der Waals surface area contributed by atoms with Gasteiger partial charge in [0.1, 0.15) is 0 Å². The molecule has 0 bridgehead atoms. The number of rotatable bonds is 48. The van der Waals surface area contributed by atoms with E-state index in [-0.39, 0.29) is 0 Å². The lowest BCUT2D eigenvalue weighted by Crippen LogP contribution is -2.29. The second kappa shape index (κ2) is 47.0. The van der Waals surface area contributed by atoms with Crippen LogP contribution in [0.15, 0.2) is 352 Å². The highest BCUT2D eigenvalue weighted by Gasteiger charge is 2.50. The Labute approximate surface area is 865 Å². The molecule has 0 radical (unpaired) electrons. The van der Waals surface area contributed by atoms with E-state index in [1.165, 1.54) is 375 Å². The minimum Gasteiger partial charge on any atom is -0.311 e. The molecule has 0 aliphatic heterocycles. The lowest BCUT2D eigenvalue weighted by atomic mass is 9.67. The van der Waals surface area contributed by atoms with Crippen molar-refractivity contribution in [1.29, 1.82) is 0 Å². The maximum atomic E-state index is 2.59. The van der Waals surface area contributed by atoms with Gasteiger partial charge in [-0.2, -0.15) is 0 Å². The molecule has 3 aliphatic carbocycles. The molecule has 16 aromatic carbocycles. The molecule has 0 heterocycles. The van der Waals surface area contributed by atoms with E-state index < -0.39 is 16.2 Å². The summed E-state index contributed by atoms with van der Waals surface area (Å²) in [6.45, 7) is 20.8. The van der Waals surface area contributed by atoms with E-state index in [0.717, 1.165) is 62.0 Å². The Morgan fingerprint density at radius 1 is 0.153 bits per heavy atom. The van der Waals surface area contributed by atoms with Gasteiger partial charge in [-0.15, -0.1) is 0 Å². The summed E-state index contributed by atoms with van der Waals surface area (Å²) in [4.78, 5) is 2.52. The number of unbranched alkanes of at least 4 members (excludes halogenated alkanes) is 21. The molecule has 0 atom stereocenters. The van der Waals surface area contributed by atoms with Gasteiger partial charge in [-0.05, 0) is 348 Å². The number of aryl methyl sites for hydroxylation is 9. The fourth-order valence-electron chi connectivity index (χ4n) is 24.8. The largest absolute Gasteiger partial charge is 0.311 e. The van der Waals surface area contributed by atoms with E-state index >= 15 is 0 Å². The molecule has 144 heavy (non-hydrogen) atoms. The van der Waals surface area contributed by atoms with E-state index in [1.807, 2.05) is 0 Å². The quantitative estimate of drug-likeness (QED) is 0.0344. The molecule has 0 saturated carbocycles. The molecule has 0 N–H and O–H groups in total. The molecule has 0 fully saturated rings. The van der Waals surface area contributed by atoms with Crippen molar-refractivity contribution in [2.24, 2.45) is 0 Å². The molecule has 0 unspecified atom stereocenters. The van der Waals surface area contributed by atoms with Gasteiger partial charge in [0.15, 0.2) is 0 Å². The van der Waals surface area contributed by atoms with Crippen LogP contribution in [0.1, 0.15) is 345 Å².